The molecule has 4 rings (SSSR count). The number of hydrogen-bond acceptors (Lipinski definition) is 4. The van der Waals surface area contributed by atoms with E-state index in [1.165, 1.54) is 5.56 Å². The average Bonchev–Trinajstić information content (AvgIpc) is 2.83. The Bertz CT molecular complexity index is 1270. The Morgan fingerprint density at radius 1 is 0.818 bits per heavy atom. The van der Waals surface area contributed by atoms with Crippen molar-refractivity contribution in [3.05, 3.63) is 102 Å². The van der Waals surface area contributed by atoms with Gasteiger partial charge in [-0.2, -0.15) is 0 Å². The van der Waals surface area contributed by atoms with Crippen molar-refractivity contribution in [1.82, 2.24) is 0 Å². The molecule has 0 aromatic heterocycles. The minimum absolute atomic E-state index is 0.128. The number of phenolic OH excluding ortho intramolecular Hbond substituents is 1. The minimum atomic E-state index is 0.128. The molecule has 166 valence electrons. The number of aryl methyl sites for hydroxylation is 1. The van der Waals surface area contributed by atoms with Crippen LogP contribution in [0.2, 0.25) is 0 Å². The summed E-state index contributed by atoms with van der Waals surface area (Å²) >= 11 is 1.12. The van der Waals surface area contributed by atoms with Gasteiger partial charge in [0.2, 0.25) is 0 Å². The van der Waals surface area contributed by atoms with Crippen molar-refractivity contribution in [3.8, 4) is 33.8 Å². The number of hydrogen-bond donors (Lipinski definition) is 3. The SMILES string of the molecule is Nc1cccc(O)c1COc1ccccc1-c1cccc(-c2ccccc2CC[C](O)=[W])c1. The topological polar surface area (TPSA) is 75.7 Å². The molecule has 0 aliphatic carbocycles. The zero-order valence-corrected chi connectivity index (χ0v) is 21.0. The summed E-state index contributed by atoms with van der Waals surface area (Å²) in [4.78, 5) is 0. The Hall–Kier alpha value is -3.20. The number of nitrogen functional groups attached to an aromatic ring is 1. The maximum absolute atomic E-state index is 10.1. The quantitative estimate of drug-likeness (QED) is 0.219. The Kier molecular flexibility index (Phi) is 7.39. The van der Waals surface area contributed by atoms with Crippen LogP contribution in [0, 0.1) is 0 Å². The molecule has 0 unspecified atom stereocenters. The van der Waals surface area contributed by atoms with Crippen molar-refractivity contribution in [2.45, 2.75) is 19.4 Å². The molecule has 0 atom stereocenters. The van der Waals surface area contributed by atoms with E-state index in [4.69, 9.17) is 10.5 Å². The Labute approximate surface area is 204 Å². The second-order valence-electron chi connectivity index (χ2n) is 7.76. The third kappa shape index (κ3) is 5.59. The predicted octanol–water partition coefficient (Wildman–Crippen LogP) is 5.87. The van der Waals surface area contributed by atoms with Gasteiger partial charge in [-0.25, -0.2) is 0 Å². The zero-order valence-electron chi connectivity index (χ0n) is 18.1. The van der Waals surface area contributed by atoms with Crippen molar-refractivity contribution in [3.63, 3.8) is 0 Å². The van der Waals surface area contributed by atoms with Gasteiger partial charge in [0, 0.05) is 5.69 Å². The van der Waals surface area contributed by atoms with Crippen molar-refractivity contribution >= 4 is 9.77 Å². The van der Waals surface area contributed by atoms with Crippen LogP contribution >= 0.6 is 0 Å². The molecule has 5 heteroatoms. The normalized spacial score (nSPS) is 10.7. The average molecular weight is 607 g/mol. The third-order valence-electron chi connectivity index (χ3n) is 5.56. The Morgan fingerprint density at radius 3 is 2.24 bits per heavy atom. The first-order valence-electron chi connectivity index (χ1n) is 10.7. The molecule has 4 nitrogen and oxygen atoms in total. The number of phenols is 1. The molecule has 0 aliphatic rings. The molecule has 0 heterocycles. The van der Waals surface area contributed by atoms with Crippen LogP contribution in [-0.4, -0.2) is 14.3 Å². The van der Waals surface area contributed by atoms with Crippen LogP contribution < -0.4 is 10.5 Å². The Balaban J connectivity index is 1.65. The Morgan fingerprint density at radius 2 is 1.48 bits per heavy atom. The van der Waals surface area contributed by atoms with E-state index in [0.717, 1.165) is 53.8 Å². The van der Waals surface area contributed by atoms with Gasteiger partial charge in [0.05, 0.1) is 5.56 Å². The van der Waals surface area contributed by atoms with Gasteiger partial charge >= 0.3 is 159 Å². The maximum atomic E-state index is 10.1. The van der Waals surface area contributed by atoms with Gasteiger partial charge < -0.3 is 10.8 Å². The predicted molar refractivity (Wildman–Crippen MR) is 129 cm³/mol. The molecule has 4 aromatic carbocycles. The fraction of sp³-hybridized carbons (Fsp3) is 0.107. The van der Waals surface area contributed by atoms with E-state index in [0.29, 0.717) is 21.8 Å². The van der Waals surface area contributed by atoms with Crippen LogP contribution in [0.5, 0.6) is 11.5 Å². The van der Waals surface area contributed by atoms with Crippen molar-refractivity contribution in [2.24, 2.45) is 0 Å². The number of anilines is 1. The number of aliphatic hydroxyl groups is 1. The van der Waals surface area contributed by atoms with Crippen molar-refractivity contribution in [1.29, 1.82) is 0 Å². The summed E-state index contributed by atoms with van der Waals surface area (Å²) in [7, 11) is 0. The van der Waals surface area contributed by atoms with E-state index in [9.17, 15) is 10.2 Å². The molecule has 0 spiro atoms. The van der Waals surface area contributed by atoms with Crippen molar-refractivity contribution in [2.75, 3.05) is 5.73 Å². The van der Waals surface area contributed by atoms with Gasteiger partial charge in [-0.15, -0.1) is 0 Å². The summed E-state index contributed by atoms with van der Waals surface area (Å²) in [6.07, 6.45) is 1.48. The third-order valence-corrected chi connectivity index (χ3v) is 6.29. The number of rotatable bonds is 8. The van der Waals surface area contributed by atoms with Gasteiger partial charge in [-0.1, -0.05) is 6.07 Å². The molecule has 33 heavy (non-hydrogen) atoms. The number of aromatic hydroxyl groups is 1. The first-order valence-corrected chi connectivity index (χ1v) is 12.2. The number of para-hydroxylation sites is 1. The molecule has 0 bridgehead atoms. The summed E-state index contributed by atoms with van der Waals surface area (Å²) < 4.78 is 6.63. The van der Waals surface area contributed by atoms with Crippen LogP contribution in [0.1, 0.15) is 17.5 Å². The van der Waals surface area contributed by atoms with Gasteiger partial charge in [-0.05, 0) is 12.1 Å². The summed E-state index contributed by atoms with van der Waals surface area (Å²) in [5, 5.41) is 19.8. The fourth-order valence-corrected chi connectivity index (χ4v) is 4.21. The molecule has 4 aromatic rings. The van der Waals surface area contributed by atoms with E-state index >= 15 is 0 Å². The monoisotopic (exact) mass is 607 g/mol. The molecule has 4 N–H and O–H groups in total. The molecule has 0 saturated heterocycles. The van der Waals surface area contributed by atoms with Gasteiger partial charge in [0.1, 0.15) is 5.75 Å². The van der Waals surface area contributed by atoms with Gasteiger partial charge in [-0.3, -0.25) is 0 Å². The fourth-order valence-electron chi connectivity index (χ4n) is 3.85. The second-order valence-corrected chi connectivity index (χ2v) is 9.45. The van der Waals surface area contributed by atoms with E-state index in [2.05, 4.69) is 30.3 Å². The molecule has 0 radical (unpaired) electrons. The molecule has 0 fully saturated rings. The first-order chi connectivity index (χ1) is 16.0. The van der Waals surface area contributed by atoms with Crippen LogP contribution in [0.3, 0.4) is 0 Å². The van der Waals surface area contributed by atoms with Crippen LogP contribution in [0.15, 0.2) is 91.0 Å². The van der Waals surface area contributed by atoms with Gasteiger partial charge in [0.25, 0.3) is 0 Å². The summed E-state index contributed by atoms with van der Waals surface area (Å²) in [6, 6.07) is 29.7. The summed E-state index contributed by atoms with van der Waals surface area (Å²) in [5.41, 5.74) is 12.6. The number of ether oxygens (including phenoxy) is 1. The number of benzene rings is 4. The first kappa shape index (κ1) is 23.0. The molecule has 0 amide bonds. The molecular formula is C28H25NO3W. The molecule has 0 aliphatic heterocycles. The zero-order chi connectivity index (χ0) is 23.2. The van der Waals surface area contributed by atoms with Gasteiger partial charge in [0.15, 0.2) is 0 Å². The molecular weight excluding hydrogens is 582 g/mol. The number of aliphatic hydroxyl groups excluding tert-OH is 1. The van der Waals surface area contributed by atoms with E-state index in [1.54, 1.807) is 18.2 Å². The van der Waals surface area contributed by atoms with Crippen LogP contribution in [0.25, 0.3) is 22.3 Å². The summed E-state index contributed by atoms with van der Waals surface area (Å²) in [6.45, 7) is 0.178. The molecule has 0 saturated carbocycles. The standard InChI is InChI=1S/C28H25NO3.W/c29-26-14-6-15-27(31)25(26)19-32-28-16-4-3-13-24(28)22-10-5-9-21(18-22)23-12-2-1-8-20(23)11-7-17-30;/h1-6,8-10,12-16,18,30-31H,7,11,19,29H2;. The summed E-state index contributed by atoms with van der Waals surface area (Å²) in [5.74, 6) is 0.849. The van der Waals surface area contributed by atoms with Crippen LogP contribution in [-0.2, 0) is 32.4 Å². The van der Waals surface area contributed by atoms with E-state index in [1.807, 2.05) is 42.5 Å². The van der Waals surface area contributed by atoms with Crippen molar-refractivity contribution < 1.29 is 34.3 Å². The van der Waals surface area contributed by atoms with E-state index < -0.39 is 0 Å². The van der Waals surface area contributed by atoms with E-state index in [-0.39, 0.29) is 12.4 Å². The number of nitrogens with two attached hydrogens (primary N) is 1. The second kappa shape index (κ2) is 10.6. The van der Waals surface area contributed by atoms with Crippen LogP contribution in [0.4, 0.5) is 5.69 Å².